The first kappa shape index (κ1) is 13.8. The summed E-state index contributed by atoms with van der Waals surface area (Å²) in [6.07, 6.45) is 0. The van der Waals surface area contributed by atoms with Crippen molar-refractivity contribution in [1.29, 1.82) is 0 Å². The number of phenolic OH excluding ortho intramolecular Hbond substituents is 1. The van der Waals surface area contributed by atoms with Crippen LogP contribution in [0.15, 0.2) is 36.4 Å². The van der Waals surface area contributed by atoms with Crippen molar-refractivity contribution in [2.24, 2.45) is 11.7 Å². The molecule has 1 atom stereocenters. The summed E-state index contributed by atoms with van der Waals surface area (Å²) in [6.45, 7) is 4.12. The van der Waals surface area contributed by atoms with Gasteiger partial charge < -0.3 is 10.8 Å². The molecule has 2 nitrogen and oxygen atoms in total. The average Bonchev–Trinajstić information content (AvgIpc) is 2.28. The molecule has 0 saturated carbocycles. The van der Waals surface area contributed by atoms with E-state index in [2.05, 4.69) is 13.8 Å². The molecule has 0 saturated heterocycles. The monoisotopic (exact) mass is 251 g/mol. The molecule has 2 aromatic carbocycles. The van der Waals surface area contributed by atoms with Gasteiger partial charge in [0.2, 0.25) is 0 Å². The molecule has 92 valence electrons. The summed E-state index contributed by atoms with van der Waals surface area (Å²) in [5.41, 5.74) is 7.00. The van der Waals surface area contributed by atoms with Crippen molar-refractivity contribution in [2.45, 2.75) is 19.9 Å². The predicted molar refractivity (Wildman–Crippen MR) is 74.6 cm³/mol. The fourth-order valence-corrected chi connectivity index (χ4v) is 1.97. The molecule has 0 spiro atoms. The second-order valence-corrected chi connectivity index (χ2v) is 4.49. The van der Waals surface area contributed by atoms with Crippen LogP contribution in [0.2, 0.25) is 0 Å². The normalized spacial score (nSPS) is 12.5. The van der Waals surface area contributed by atoms with Crippen LogP contribution in [-0.4, -0.2) is 5.11 Å². The quantitative estimate of drug-likeness (QED) is 0.856. The van der Waals surface area contributed by atoms with Gasteiger partial charge in [0.1, 0.15) is 5.75 Å². The van der Waals surface area contributed by atoms with Crippen LogP contribution in [-0.2, 0) is 0 Å². The van der Waals surface area contributed by atoms with E-state index in [9.17, 15) is 5.11 Å². The summed E-state index contributed by atoms with van der Waals surface area (Å²) >= 11 is 0. The van der Waals surface area contributed by atoms with E-state index in [1.807, 2.05) is 30.3 Å². The lowest BCUT2D eigenvalue weighted by Crippen LogP contribution is -2.17. The first-order chi connectivity index (χ1) is 7.61. The Morgan fingerprint density at radius 3 is 2.35 bits per heavy atom. The summed E-state index contributed by atoms with van der Waals surface area (Å²) in [6, 6.07) is 11.5. The van der Waals surface area contributed by atoms with Crippen molar-refractivity contribution < 1.29 is 5.11 Å². The number of hydrogen-bond donors (Lipinski definition) is 2. The van der Waals surface area contributed by atoms with Crippen LogP contribution in [0.5, 0.6) is 5.75 Å². The highest BCUT2D eigenvalue weighted by atomic mass is 35.5. The number of fused-ring (bicyclic) bond motifs is 1. The first-order valence-corrected chi connectivity index (χ1v) is 5.57. The Labute approximate surface area is 108 Å². The van der Waals surface area contributed by atoms with Crippen molar-refractivity contribution in [3.8, 4) is 5.75 Å². The predicted octanol–water partition coefficient (Wildman–Crippen LogP) is 3.62. The van der Waals surface area contributed by atoms with E-state index in [4.69, 9.17) is 5.73 Å². The van der Waals surface area contributed by atoms with E-state index in [1.165, 1.54) is 0 Å². The zero-order valence-corrected chi connectivity index (χ0v) is 10.9. The third-order valence-corrected chi connectivity index (χ3v) is 3.00. The Morgan fingerprint density at radius 2 is 1.71 bits per heavy atom. The maximum absolute atomic E-state index is 9.95. The fraction of sp³-hybridized carbons (Fsp3) is 0.286. The van der Waals surface area contributed by atoms with Crippen molar-refractivity contribution in [1.82, 2.24) is 0 Å². The number of benzene rings is 2. The van der Waals surface area contributed by atoms with Crippen molar-refractivity contribution in [2.75, 3.05) is 0 Å². The second kappa shape index (κ2) is 5.39. The van der Waals surface area contributed by atoms with Gasteiger partial charge in [0.15, 0.2) is 0 Å². The largest absolute Gasteiger partial charge is 0.508 e. The highest BCUT2D eigenvalue weighted by molar-refractivity contribution is 5.88. The highest BCUT2D eigenvalue weighted by Crippen LogP contribution is 2.34. The van der Waals surface area contributed by atoms with Gasteiger partial charge >= 0.3 is 0 Å². The zero-order chi connectivity index (χ0) is 11.7. The number of nitrogens with two attached hydrogens (primary N) is 1. The van der Waals surface area contributed by atoms with E-state index in [1.54, 1.807) is 6.07 Å². The maximum Gasteiger partial charge on any atom is 0.120 e. The molecule has 17 heavy (non-hydrogen) atoms. The van der Waals surface area contributed by atoms with Crippen LogP contribution in [0.25, 0.3) is 10.8 Å². The Hall–Kier alpha value is -1.25. The molecule has 0 heterocycles. The van der Waals surface area contributed by atoms with Crippen LogP contribution >= 0.6 is 12.4 Å². The summed E-state index contributed by atoms with van der Waals surface area (Å²) in [5, 5.41) is 12.1. The van der Waals surface area contributed by atoms with Crippen LogP contribution in [0.3, 0.4) is 0 Å². The van der Waals surface area contributed by atoms with Gasteiger partial charge in [-0.15, -0.1) is 12.4 Å². The molecule has 0 aliphatic heterocycles. The molecule has 0 aliphatic carbocycles. The van der Waals surface area contributed by atoms with Gasteiger partial charge in [-0.2, -0.15) is 0 Å². The number of phenols is 1. The maximum atomic E-state index is 9.95. The minimum Gasteiger partial charge on any atom is -0.508 e. The highest BCUT2D eigenvalue weighted by Gasteiger charge is 2.17. The molecule has 0 aromatic heterocycles. The van der Waals surface area contributed by atoms with E-state index >= 15 is 0 Å². The molecule has 2 rings (SSSR count). The van der Waals surface area contributed by atoms with E-state index in [0.29, 0.717) is 11.7 Å². The van der Waals surface area contributed by atoms with Crippen molar-refractivity contribution >= 4 is 23.2 Å². The van der Waals surface area contributed by atoms with E-state index < -0.39 is 0 Å². The number of rotatable bonds is 2. The average molecular weight is 252 g/mol. The van der Waals surface area contributed by atoms with Gasteiger partial charge in [0.25, 0.3) is 0 Å². The Morgan fingerprint density at radius 1 is 1.06 bits per heavy atom. The van der Waals surface area contributed by atoms with Crippen LogP contribution < -0.4 is 5.73 Å². The minimum absolute atomic E-state index is 0. The first-order valence-electron chi connectivity index (χ1n) is 5.57. The third-order valence-electron chi connectivity index (χ3n) is 3.00. The van der Waals surface area contributed by atoms with Gasteiger partial charge in [-0.05, 0) is 22.8 Å². The molecule has 2 aromatic rings. The summed E-state index contributed by atoms with van der Waals surface area (Å²) in [4.78, 5) is 0. The molecule has 0 amide bonds. The fourth-order valence-electron chi connectivity index (χ4n) is 1.97. The molecule has 0 unspecified atom stereocenters. The molecule has 0 bridgehead atoms. The molecule has 0 radical (unpaired) electrons. The number of hydrogen-bond acceptors (Lipinski definition) is 2. The van der Waals surface area contributed by atoms with Crippen molar-refractivity contribution in [3.05, 3.63) is 42.0 Å². The molecule has 0 fully saturated rings. The topological polar surface area (TPSA) is 46.2 Å². The molecular weight excluding hydrogens is 234 g/mol. The number of aromatic hydroxyl groups is 1. The molecule has 3 N–H and O–H groups in total. The summed E-state index contributed by atoms with van der Waals surface area (Å²) < 4.78 is 0. The SMILES string of the molecule is CC(C)[C@H](N)c1c(O)ccc2ccccc12.Cl. The van der Waals surface area contributed by atoms with Gasteiger partial charge in [0.05, 0.1) is 0 Å². The Kier molecular flexibility index (Phi) is 4.38. The van der Waals surface area contributed by atoms with Crippen LogP contribution in [0.1, 0.15) is 25.5 Å². The molecule has 3 heteroatoms. The van der Waals surface area contributed by atoms with Gasteiger partial charge in [-0.1, -0.05) is 44.2 Å². The smallest absolute Gasteiger partial charge is 0.120 e. The summed E-state index contributed by atoms with van der Waals surface area (Å²) in [7, 11) is 0. The van der Waals surface area contributed by atoms with Gasteiger partial charge in [-0.3, -0.25) is 0 Å². The number of halogens is 1. The van der Waals surface area contributed by atoms with Gasteiger partial charge in [-0.25, -0.2) is 0 Å². The summed E-state index contributed by atoms with van der Waals surface area (Å²) in [5.74, 6) is 0.594. The third kappa shape index (κ3) is 2.54. The van der Waals surface area contributed by atoms with Gasteiger partial charge in [0, 0.05) is 11.6 Å². The Balaban J connectivity index is 0.00000144. The standard InChI is InChI=1S/C14H17NO.ClH/c1-9(2)14(15)13-11-6-4-3-5-10(11)7-8-12(13)16;/h3-9,14,16H,15H2,1-2H3;1H/t14-;/m0./s1. The van der Waals surface area contributed by atoms with E-state index in [0.717, 1.165) is 16.3 Å². The minimum atomic E-state index is -0.133. The zero-order valence-electron chi connectivity index (χ0n) is 10.1. The Bertz CT molecular complexity index is 511. The lowest BCUT2D eigenvalue weighted by atomic mass is 9.91. The molecular formula is C14H18ClNO. The molecule has 0 aliphatic rings. The second-order valence-electron chi connectivity index (χ2n) is 4.49. The van der Waals surface area contributed by atoms with E-state index in [-0.39, 0.29) is 18.4 Å². The lowest BCUT2D eigenvalue weighted by molar-refractivity contribution is 0.442. The van der Waals surface area contributed by atoms with Crippen LogP contribution in [0, 0.1) is 5.92 Å². The van der Waals surface area contributed by atoms with Crippen molar-refractivity contribution in [3.63, 3.8) is 0 Å². The van der Waals surface area contributed by atoms with Crippen LogP contribution in [0.4, 0.5) is 0 Å². The lowest BCUT2D eigenvalue weighted by Gasteiger charge is -2.19.